The molecule has 1 N–H and O–H groups in total. The van der Waals surface area contributed by atoms with E-state index in [9.17, 15) is 13.2 Å². The zero-order chi connectivity index (χ0) is 14.2. The van der Waals surface area contributed by atoms with E-state index in [1.54, 1.807) is 6.07 Å². The third-order valence-electron chi connectivity index (χ3n) is 4.35. The van der Waals surface area contributed by atoms with Gasteiger partial charge in [-0.15, -0.1) is 0 Å². The largest absolute Gasteiger partial charge is 0.416 e. The summed E-state index contributed by atoms with van der Waals surface area (Å²) < 4.78 is 43.6. The van der Waals surface area contributed by atoms with E-state index in [-0.39, 0.29) is 12.7 Å². The fraction of sp³-hybridized carbons (Fsp3) is 0.600. The molecule has 5 heteroatoms. The molecule has 2 nitrogen and oxygen atoms in total. The van der Waals surface area contributed by atoms with Gasteiger partial charge >= 0.3 is 6.18 Å². The predicted octanol–water partition coefficient (Wildman–Crippen LogP) is 3.22. The molecule has 1 aromatic carbocycles. The molecule has 0 unspecified atom stereocenters. The molecule has 20 heavy (non-hydrogen) atoms. The van der Waals surface area contributed by atoms with Crippen LogP contribution in [0.15, 0.2) is 24.3 Å². The summed E-state index contributed by atoms with van der Waals surface area (Å²) in [5.74, 6) is 1.36. The number of ether oxygens (including phenoxy) is 1. The Hall–Kier alpha value is -1.07. The maximum atomic E-state index is 12.6. The van der Waals surface area contributed by atoms with Gasteiger partial charge in [0, 0.05) is 0 Å². The van der Waals surface area contributed by atoms with Gasteiger partial charge in [0.15, 0.2) is 0 Å². The SMILES string of the molecule is FC(F)(F)c1cccc(COC2C[C@@H]3CNC[C@H]3C2)c1. The number of hydrogen-bond donors (Lipinski definition) is 1. The van der Waals surface area contributed by atoms with Crippen LogP contribution in [0.4, 0.5) is 13.2 Å². The standard InChI is InChI=1S/C15H18F3NO/c16-15(17,18)13-3-1-2-10(4-13)9-20-14-5-11-7-19-8-12(11)6-14/h1-4,11-12,14,19H,5-9H2/t11-,12-/m1/s1. The van der Waals surface area contributed by atoms with Gasteiger partial charge in [-0.1, -0.05) is 12.1 Å². The minimum atomic E-state index is -4.29. The lowest BCUT2D eigenvalue weighted by atomic mass is 10.0. The summed E-state index contributed by atoms with van der Waals surface area (Å²) in [6.45, 7) is 2.36. The van der Waals surface area contributed by atoms with Crippen molar-refractivity contribution in [2.75, 3.05) is 13.1 Å². The minimum absolute atomic E-state index is 0.196. The summed E-state index contributed by atoms with van der Waals surface area (Å²) in [6.07, 6.45) is -2.04. The summed E-state index contributed by atoms with van der Waals surface area (Å²) in [5.41, 5.74) is -0.0129. The lowest BCUT2D eigenvalue weighted by Gasteiger charge is -2.14. The zero-order valence-electron chi connectivity index (χ0n) is 11.1. The number of halogens is 3. The number of alkyl halides is 3. The Balaban J connectivity index is 1.56. The van der Waals surface area contributed by atoms with Crippen LogP contribution in [-0.2, 0) is 17.5 Å². The van der Waals surface area contributed by atoms with Gasteiger partial charge in [-0.2, -0.15) is 13.2 Å². The summed E-state index contributed by atoms with van der Waals surface area (Å²) in [5, 5.41) is 3.36. The van der Waals surface area contributed by atoms with Crippen molar-refractivity contribution in [1.29, 1.82) is 0 Å². The van der Waals surface area contributed by atoms with Crippen LogP contribution in [0.1, 0.15) is 24.0 Å². The fourth-order valence-corrected chi connectivity index (χ4v) is 3.30. The van der Waals surface area contributed by atoms with Crippen molar-refractivity contribution in [3.8, 4) is 0 Å². The van der Waals surface area contributed by atoms with Crippen molar-refractivity contribution < 1.29 is 17.9 Å². The van der Waals surface area contributed by atoms with E-state index in [0.29, 0.717) is 17.4 Å². The van der Waals surface area contributed by atoms with Crippen molar-refractivity contribution >= 4 is 0 Å². The molecule has 2 aliphatic rings. The van der Waals surface area contributed by atoms with Gasteiger partial charge in [0.05, 0.1) is 18.3 Å². The van der Waals surface area contributed by atoms with Crippen LogP contribution >= 0.6 is 0 Å². The predicted molar refractivity (Wildman–Crippen MR) is 69.1 cm³/mol. The van der Waals surface area contributed by atoms with E-state index in [1.807, 2.05) is 0 Å². The molecule has 1 saturated carbocycles. The molecule has 0 radical (unpaired) electrons. The molecular weight excluding hydrogens is 267 g/mol. The summed E-state index contributed by atoms with van der Waals surface area (Å²) in [4.78, 5) is 0. The first-order valence-corrected chi connectivity index (χ1v) is 7.01. The Morgan fingerprint density at radius 2 is 1.85 bits per heavy atom. The number of fused-ring (bicyclic) bond motifs is 1. The number of rotatable bonds is 3. The monoisotopic (exact) mass is 285 g/mol. The molecular formula is C15H18F3NO. The third kappa shape index (κ3) is 2.99. The van der Waals surface area contributed by atoms with Crippen LogP contribution in [0.3, 0.4) is 0 Å². The normalized spacial score (nSPS) is 26.9. The Labute approximate surface area is 116 Å². The molecule has 0 aromatic heterocycles. The molecule has 0 amide bonds. The zero-order valence-corrected chi connectivity index (χ0v) is 11.1. The average molecular weight is 285 g/mol. The van der Waals surface area contributed by atoms with Crippen molar-refractivity contribution in [2.24, 2.45) is 11.8 Å². The van der Waals surface area contributed by atoms with Crippen molar-refractivity contribution in [1.82, 2.24) is 5.32 Å². The number of benzene rings is 1. The third-order valence-corrected chi connectivity index (χ3v) is 4.35. The minimum Gasteiger partial charge on any atom is -0.374 e. The maximum absolute atomic E-state index is 12.6. The topological polar surface area (TPSA) is 21.3 Å². The van der Waals surface area contributed by atoms with E-state index in [4.69, 9.17) is 4.74 Å². The van der Waals surface area contributed by atoms with Crippen molar-refractivity contribution in [3.05, 3.63) is 35.4 Å². The Bertz CT molecular complexity index is 462. The summed E-state index contributed by atoms with van der Waals surface area (Å²) in [6, 6.07) is 5.40. The van der Waals surface area contributed by atoms with Gasteiger partial charge in [0.2, 0.25) is 0 Å². The fourth-order valence-electron chi connectivity index (χ4n) is 3.30. The van der Waals surface area contributed by atoms with Crippen LogP contribution in [0.5, 0.6) is 0 Å². The Morgan fingerprint density at radius 1 is 1.15 bits per heavy atom. The highest BCUT2D eigenvalue weighted by molar-refractivity contribution is 5.25. The second-order valence-electron chi connectivity index (χ2n) is 5.78. The second-order valence-corrected chi connectivity index (χ2v) is 5.78. The molecule has 1 heterocycles. The maximum Gasteiger partial charge on any atom is 0.416 e. The molecule has 0 spiro atoms. The molecule has 3 rings (SSSR count). The van der Waals surface area contributed by atoms with E-state index in [1.165, 1.54) is 12.1 Å². The lowest BCUT2D eigenvalue weighted by molar-refractivity contribution is -0.137. The number of hydrogen-bond acceptors (Lipinski definition) is 2. The lowest BCUT2D eigenvalue weighted by Crippen LogP contribution is -2.16. The average Bonchev–Trinajstić information content (AvgIpc) is 2.96. The van der Waals surface area contributed by atoms with Crippen LogP contribution in [0.2, 0.25) is 0 Å². The summed E-state index contributed by atoms with van der Waals surface area (Å²) in [7, 11) is 0. The first kappa shape index (κ1) is 13.9. The van der Waals surface area contributed by atoms with E-state index in [0.717, 1.165) is 32.0 Å². The molecule has 110 valence electrons. The highest BCUT2D eigenvalue weighted by Gasteiger charge is 2.37. The van der Waals surface area contributed by atoms with E-state index >= 15 is 0 Å². The molecule has 0 bridgehead atoms. The van der Waals surface area contributed by atoms with Gasteiger partial charge in [0.1, 0.15) is 0 Å². The smallest absolute Gasteiger partial charge is 0.374 e. The Kier molecular flexibility index (Phi) is 3.73. The van der Waals surface area contributed by atoms with Gasteiger partial charge in [-0.25, -0.2) is 0 Å². The first-order chi connectivity index (χ1) is 9.52. The molecule has 1 aliphatic carbocycles. The van der Waals surface area contributed by atoms with E-state index < -0.39 is 11.7 Å². The first-order valence-electron chi connectivity index (χ1n) is 7.01. The van der Waals surface area contributed by atoms with Crippen LogP contribution < -0.4 is 5.32 Å². The highest BCUT2D eigenvalue weighted by atomic mass is 19.4. The van der Waals surface area contributed by atoms with Gasteiger partial charge in [-0.3, -0.25) is 0 Å². The van der Waals surface area contributed by atoms with Gasteiger partial charge in [-0.05, 0) is 55.5 Å². The second kappa shape index (κ2) is 5.37. The molecule has 2 fully saturated rings. The van der Waals surface area contributed by atoms with Crippen LogP contribution in [0.25, 0.3) is 0 Å². The van der Waals surface area contributed by atoms with E-state index in [2.05, 4.69) is 5.32 Å². The molecule has 2 atom stereocenters. The number of nitrogens with one attached hydrogen (secondary N) is 1. The Morgan fingerprint density at radius 3 is 2.50 bits per heavy atom. The van der Waals surface area contributed by atoms with Gasteiger partial charge < -0.3 is 10.1 Å². The van der Waals surface area contributed by atoms with Crippen LogP contribution in [-0.4, -0.2) is 19.2 Å². The molecule has 1 aliphatic heterocycles. The van der Waals surface area contributed by atoms with Crippen LogP contribution in [0, 0.1) is 11.8 Å². The highest BCUT2D eigenvalue weighted by Crippen LogP contribution is 2.36. The quantitative estimate of drug-likeness (QED) is 0.920. The van der Waals surface area contributed by atoms with Gasteiger partial charge in [0.25, 0.3) is 0 Å². The summed E-state index contributed by atoms with van der Waals surface area (Å²) >= 11 is 0. The van der Waals surface area contributed by atoms with Crippen molar-refractivity contribution in [3.63, 3.8) is 0 Å². The molecule has 1 saturated heterocycles. The molecule has 1 aromatic rings. The van der Waals surface area contributed by atoms with Crippen molar-refractivity contribution in [2.45, 2.75) is 31.7 Å².